The highest BCUT2D eigenvalue weighted by Gasteiger charge is 2.38. The summed E-state index contributed by atoms with van der Waals surface area (Å²) in [6, 6.07) is 3.08. The number of hydrogen-bond acceptors (Lipinski definition) is 5. The molecule has 0 unspecified atom stereocenters. The summed E-state index contributed by atoms with van der Waals surface area (Å²) in [7, 11) is 0. The molecule has 6 nitrogen and oxygen atoms in total. The van der Waals surface area contributed by atoms with Crippen LogP contribution >= 0.6 is 0 Å². The molecule has 0 aromatic heterocycles. The van der Waals surface area contributed by atoms with Crippen molar-refractivity contribution >= 4 is 11.7 Å². The van der Waals surface area contributed by atoms with Crippen LogP contribution in [0.15, 0.2) is 18.2 Å². The van der Waals surface area contributed by atoms with Crippen LogP contribution in [0.2, 0.25) is 0 Å². The Labute approximate surface area is 187 Å². The number of phenols is 1. The molecule has 1 aromatic rings. The third-order valence-corrected chi connectivity index (χ3v) is 6.35. The normalized spacial score (nSPS) is 25.0. The molecule has 182 valence electrons. The third kappa shape index (κ3) is 7.55. The average molecular weight is 461 g/mol. The largest absolute Gasteiger partial charge is 0.506 e. The number of aliphatic carboxylic acids is 1. The zero-order valence-corrected chi connectivity index (χ0v) is 19.0. The Balaban J connectivity index is 0.000000837. The van der Waals surface area contributed by atoms with Gasteiger partial charge in [-0.15, -0.1) is 0 Å². The molecule has 1 saturated carbocycles. The van der Waals surface area contributed by atoms with Crippen LogP contribution in [0.5, 0.6) is 5.75 Å². The first-order valence-corrected chi connectivity index (χ1v) is 11.2. The molecule has 2 aliphatic rings. The number of rotatable bonds is 5. The number of likely N-dealkylation sites (tertiary alicyclic amines) is 1. The van der Waals surface area contributed by atoms with E-state index in [2.05, 4.69) is 17.1 Å². The predicted molar refractivity (Wildman–Crippen MR) is 117 cm³/mol. The Kier molecular flexibility index (Phi) is 9.21. The number of carboxylic acids is 1. The number of hydrogen-bond donors (Lipinski definition) is 3. The van der Waals surface area contributed by atoms with Crippen LogP contribution in [0.4, 0.5) is 18.9 Å². The van der Waals surface area contributed by atoms with Crippen LogP contribution in [0.25, 0.3) is 0 Å². The van der Waals surface area contributed by atoms with E-state index in [-0.39, 0.29) is 23.0 Å². The molecule has 0 spiro atoms. The summed E-state index contributed by atoms with van der Waals surface area (Å²) in [5, 5.41) is 20.5. The van der Waals surface area contributed by atoms with Crippen LogP contribution in [0, 0.1) is 0 Å². The molecule has 2 fully saturated rings. The number of phenolic OH excluding ortho intramolecular Hbond substituents is 1. The van der Waals surface area contributed by atoms with E-state index < -0.39 is 17.7 Å². The minimum Gasteiger partial charge on any atom is -0.506 e. The number of nitrogens with one attached hydrogen (secondary N) is 1. The van der Waals surface area contributed by atoms with Crippen molar-refractivity contribution in [1.82, 2.24) is 4.90 Å². The Hall–Kier alpha value is -2.00. The lowest BCUT2D eigenvalue weighted by atomic mass is 9.79. The average Bonchev–Trinajstić information content (AvgIpc) is 2.71. The molecule has 3 N–H and O–H groups in total. The fraction of sp³-hybridized carbons (Fsp3) is 0.696. The standard InChI is InChI=1S/C21H31F3N2O2.C2H4O2/c1-3-28-17-6-10-20(2,11-7-17)26-12-8-16(9-13-26)25-18-14-15(21(22,23)24)4-5-19(18)27;1-2(3)4/h4-5,14,16-17,25,27H,3,6-13H2,1-2H3;1H3,(H,3,4). The molecular weight excluding hydrogens is 425 g/mol. The molecule has 1 heterocycles. The summed E-state index contributed by atoms with van der Waals surface area (Å²) in [6.45, 7) is 8.02. The number of carbonyl (C=O) groups is 1. The van der Waals surface area contributed by atoms with Crippen molar-refractivity contribution in [2.75, 3.05) is 25.0 Å². The lowest BCUT2D eigenvalue weighted by Crippen LogP contribution is -2.53. The van der Waals surface area contributed by atoms with Crippen LogP contribution in [-0.4, -0.2) is 58.5 Å². The van der Waals surface area contributed by atoms with Gasteiger partial charge in [-0.25, -0.2) is 0 Å². The van der Waals surface area contributed by atoms with E-state index in [9.17, 15) is 18.3 Å². The van der Waals surface area contributed by atoms with Crippen molar-refractivity contribution in [2.45, 2.75) is 83.2 Å². The van der Waals surface area contributed by atoms with Gasteiger partial charge in [0.15, 0.2) is 0 Å². The van der Waals surface area contributed by atoms with E-state index in [1.54, 1.807) is 0 Å². The molecule has 0 amide bonds. The van der Waals surface area contributed by atoms with Crippen molar-refractivity contribution < 1.29 is 32.9 Å². The molecule has 3 rings (SSSR count). The first-order chi connectivity index (χ1) is 14.9. The number of alkyl halides is 3. The monoisotopic (exact) mass is 460 g/mol. The summed E-state index contributed by atoms with van der Waals surface area (Å²) in [5.41, 5.74) is -0.405. The topological polar surface area (TPSA) is 82.0 Å². The van der Waals surface area contributed by atoms with E-state index in [0.717, 1.165) is 83.3 Å². The highest BCUT2D eigenvalue weighted by Crippen LogP contribution is 2.38. The van der Waals surface area contributed by atoms with E-state index in [4.69, 9.17) is 14.6 Å². The van der Waals surface area contributed by atoms with Gasteiger partial charge in [0.2, 0.25) is 0 Å². The van der Waals surface area contributed by atoms with Crippen LogP contribution in [0.3, 0.4) is 0 Å². The van der Waals surface area contributed by atoms with E-state index in [1.165, 1.54) is 0 Å². The number of piperidine rings is 1. The minimum atomic E-state index is -4.41. The van der Waals surface area contributed by atoms with Crippen LogP contribution < -0.4 is 5.32 Å². The number of carboxylic acid groups (broad SMARTS) is 1. The number of benzene rings is 1. The molecule has 0 atom stereocenters. The fourth-order valence-electron chi connectivity index (χ4n) is 4.54. The number of aromatic hydroxyl groups is 1. The molecule has 0 bridgehead atoms. The van der Waals surface area contributed by atoms with Gasteiger partial charge in [0.25, 0.3) is 5.97 Å². The lowest BCUT2D eigenvalue weighted by molar-refractivity contribution is -0.137. The summed E-state index contributed by atoms with van der Waals surface area (Å²) in [4.78, 5) is 11.5. The van der Waals surface area contributed by atoms with E-state index in [0.29, 0.717) is 6.10 Å². The van der Waals surface area contributed by atoms with Gasteiger partial charge in [0.1, 0.15) is 5.75 Å². The maximum Gasteiger partial charge on any atom is 0.416 e. The van der Waals surface area contributed by atoms with Crippen LogP contribution in [-0.2, 0) is 15.7 Å². The molecule has 0 radical (unpaired) electrons. The van der Waals surface area contributed by atoms with Crippen molar-refractivity contribution in [3.8, 4) is 5.75 Å². The SMILES string of the molecule is CC(=O)O.CCOC1CCC(C)(N2CCC(Nc3cc(C(F)(F)F)ccc3O)CC2)CC1. The highest BCUT2D eigenvalue weighted by atomic mass is 19.4. The van der Waals surface area contributed by atoms with Crippen molar-refractivity contribution in [2.24, 2.45) is 0 Å². The molecular formula is C23H35F3N2O4. The van der Waals surface area contributed by atoms with Gasteiger partial charge >= 0.3 is 6.18 Å². The fourth-order valence-corrected chi connectivity index (χ4v) is 4.54. The maximum absolute atomic E-state index is 12.9. The first-order valence-electron chi connectivity index (χ1n) is 11.2. The summed E-state index contributed by atoms with van der Waals surface area (Å²) in [6.07, 6.45) is 2.06. The smallest absolute Gasteiger partial charge is 0.416 e. The predicted octanol–water partition coefficient (Wildman–Crippen LogP) is 5.12. The molecule has 1 saturated heterocycles. The van der Waals surface area contributed by atoms with E-state index in [1.807, 2.05) is 6.92 Å². The van der Waals surface area contributed by atoms with Gasteiger partial charge in [-0.1, -0.05) is 0 Å². The zero-order chi connectivity index (χ0) is 23.9. The van der Waals surface area contributed by atoms with Gasteiger partial charge in [0, 0.05) is 38.2 Å². The lowest BCUT2D eigenvalue weighted by Gasteiger charge is -2.48. The zero-order valence-electron chi connectivity index (χ0n) is 19.0. The highest BCUT2D eigenvalue weighted by molar-refractivity contribution is 5.63. The van der Waals surface area contributed by atoms with Gasteiger partial charge in [0.05, 0.1) is 17.4 Å². The second kappa shape index (κ2) is 11.2. The Morgan fingerprint density at radius 3 is 2.28 bits per heavy atom. The van der Waals surface area contributed by atoms with Crippen molar-refractivity contribution in [3.05, 3.63) is 23.8 Å². The Morgan fingerprint density at radius 2 is 1.78 bits per heavy atom. The van der Waals surface area contributed by atoms with Gasteiger partial charge in [-0.3, -0.25) is 9.69 Å². The molecule has 1 aliphatic carbocycles. The maximum atomic E-state index is 12.9. The van der Waals surface area contributed by atoms with Crippen molar-refractivity contribution in [1.29, 1.82) is 0 Å². The number of halogens is 3. The first kappa shape index (κ1) is 26.3. The second-order valence-electron chi connectivity index (χ2n) is 8.81. The van der Waals surface area contributed by atoms with E-state index >= 15 is 0 Å². The summed E-state index contributed by atoms with van der Waals surface area (Å²) < 4.78 is 44.5. The van der Waals surface area contributed by atoms with Gasteiger partial charge in [-0.05, 0) is 70.6 Å². The van der Waals surface area contributed by atoms with Gasteiger partial charge < -0.3 is 20.3 Å². The molecule has 32 heavy (non-hydrogen) atoms. The van der Waals surface area contributed by atoms with Gasteiger partial charge in [-0.2, -0.15) is 13.2 Å². The molecule has 1 aromatic carbocycles. The Morgan fingerprint density at radius 1 is 1.22 bits per heavy atom. The molecule has 9 heteroatoms. The number of ether oxygens (including phenoxy) is 1. The van der Waals surface area contributed by atoms with Crippen molar-refractivity contribution in [3.63, 3.8) is 0 Å². The second-order valence-corrected chi connectivity index (χ2v) is 8.81. The molecule has 1 aliphatic heterocycles. The summed E-state index contributed by atoms with van der Waals surface area (Å²) >= 11 is 0. The quantitative estimate of drug-likeness (QED) is 0.530. The third-order valence-electron chi connectivity index (χ3n) is 6.35. The summed E-state index contributed by atoms with van der Waals surface area (Å²) in [5.74, 6) is -0.975. The Bertz CT molecular complexity index is 737. The minimum absolute atomic E-state index is 0.0639. The number of anilines is 1. The number of nitrogens with zero attached hydrogens (tertiary/aromatic N) is 1. The van der Waals surface area contributed by atoms with Crippen LogP contribution in [0.1, 0.15) is 64.9 Å².